The van der Waals surface area contributed by atoms with Gasteiger partial charge in [0.25, 0.3) is 5.91 Å². The Hall–Kier alpha value is -3.26. The highest BCUT2D eigenvalue weighted by Gasteiger charge is 2.32. The van der Waals surface area contributed by atoms with Crippen molar-refractivity contribution in [3.63, 3.8) is 0 Å². The van der Waals surface area contributed by atoms with Gasteiger partial charge in [-0.15, -0.1) is 0 Å². The summed E-state index contributed by atoms with van der Waals surface area (Å²) in [5, 5.41) is 0.725. The molecule has 30 heavy (non-hydrogen) atoms. The quantitative estimate of drug-likeness (QED) is 0.639. The minimum Gasteiger partial charge on any atom is -0.477 e. The Bertz CT molecular complexity index is 1110. The second-order valence-electron chi connectivity index (χ2n) is 7.14. The van der Waals surface area contributed by atoms with Gasteiger partial charge < -0.3 is 15.4 Å². The normalized spacial score (nSPS) is 15.4. The lowest BCUT2D eigenvalue weighted by Gasteiger charge is -2.33. The summed E-state index contributed by atoms with van der Waals surface area (Å²) in [4.78, 5) is 30.7. The SMILES string of the molecule is Cc1ccc(-n2ccnc2SCC(=O)N2CC(C(N)=O)Oc3ccccc32)c(C)c1. The monoisotopic (exact) mass is 422 g/mol. The van der Waals surface area contributed by atoms with Crippen molar-refractivity contribution in [1.29, 1.82) is 0 Å². The van der Waals surface area contributed by atoms with Crippen molar-refractivity contribution >= 4 is 29.3 Å². The van der Waals surface area contributed by atoms with E-state index in [1.165, 1.54) is 17.3 Å². The number of primary amides is 1. The molecule has 0 saturated carbocycles. The first-order valence-corrected chi connectivity index (χ1v) is 10.5. The van der Waals surface area contributed by atoms with Crippen LogP contribution in [0.3, 0.4) is 0 Å². The fourth-order valence-corrected chi connectivity index (χ4v) is 4.32. The number of nitrogens with two attached hydrogens (primary N) is 1. The molecule has 1 aliphatic heterocycles. The number of ether oxygens (including phenoxy) is 1. The number of carbonyl (C=O) groups is 2. The summed E-state index contributed by atoms with van der Waals surface area (Å²) >= 11 is 1.35. The Morgan fingerprint density at radius 3 is 2.77 bits per heavy atom. The summed E-state index contributed by atoms with van der Waals surface area (Å²) in [6.45, 7) is 4.20. The maximum Gasteiger partial charge on any atom is 0.260 e. The van der Waals surface area contributed by atoms with Crippen LogP contribution in [0.5, 0.6) is 5.75 Å². The van der Waals surface area contributed by atoms with Gasteiger partial charge in [-0.1, -0.05) is 41.6 Å². The summed E-state index contributed by atoms with van der Waals surface area (Å²) in [6, 6.07) is 13.4. The number of thioether (sulfide) groups is 1. The topological polar surface area (TPSA) is 90.5 Å². The number of aryl methyl sites for hydroxylation is 2. The number of carbonyl (C=O) groups excluding carboxylic acids is 2. The summed E-state index contributed by atoms with van der Waals surface area (Å²) in [6.07, 6.45) is 2.74. The lowest BCUT2D eigenvalue weighted by molar-refractivity contribution is -0.125. The van der Waals surface area contributed by atoms with Crippen LogP contribution >= 0.6 is 11.8 Å². The molecule has 0 spiro atoms. The molecule has 2 amide bonds. The van der Waals surface area contributed by atoms with E-state index >= 15 is 0 Å². The fraction of sp³-hybridized carbons (Fsp3) is 0.227. The van der Waals surface area contributed by atoms with Crippen LogP contribution < -0.4 is 15.4 Å². The molecule has 1 aromatic heterocycles. The molecule has 0 radical (unpaired) electrons. The third-order valence-corrected chi connectivity index (χ3v) is 5.89. The number of hydrogen-bond acceptors (Lipinski definition) is 5. The number of rotatable bonds is 5. The zero-order valence-corrected chi connectivity index (χ0v) is 17.6. The average Bonchev–Trinajstić information content (AvgIpc) is 3.19. The van der Waals surface area contributed by atoms with Crippen molar-refractivity contribution in [1.82, 2.24) is 9.55 Å². The van der Waals surface area contributed by atoms with Crippen molar-refractivity contribution < 1.29 is 14.3 Å². The zero-order chi connectivity index (χ0) is 21.3. The third kappa shape index (κ3) is 3.91. The van der Waals surface area contributed by atoms with Gasteiger partial charge in [0.15, 0.2) is 11.3 Å². The maximum absolute atomic E-state index is 13.0. The molecule has 4 rings (SSSR count). The Balaban J connectivity index is 1.53. The molecule has 3 aromatic rings. The molecule has 0 saturated heterocycles. The van der Waals surface area contributed by atoms with Gasteiger partial charge in [0, 0.05) is 12.4 Å². The molecular weight excluding hydrogens is 400 g/mol. The summed E-state index contributed by atoms with van der Waals surface area (Å²) in [5.41, 5.74) is 9.41. The molecule has 1 atom stereocenters. The molecule has 154 valence electrons. The lowest BCUT2D eigenvalue weighted by Crippen LogP contribution is -2.49. The Morgan fingerprint density at radius 1 is 1.20 bits per heavy atom. The number of benzene rings is 2. The van der Waals surface area contributed by atoms with Crippen LogP contribution in [-0.4, -0.2) is 39.8 Å². The van der Waals surface area contributed by atoms with Crippen LogP contribution in [0.15, 0.2) is 60.0 Å². The van der Waals surface area contributed by atoms with E-state index in [9.17, 15) is 9.59 Å². The standard InChI is InChI=1S/C22H22N4O3S/c1-14-7-8-16(15(2)11-14)25-10-9-24-22(25)30-13-20(27)26-12-19(21(23)28)29-18-6-4-3-5-17(18)26/h3-11,19H,12-13H2,1-2H3,(H2,23,28). The summed E-state index contributed by atoms with van der Waals surface area (Å²) in [5.74, 6) is -0.0953. The number of fused-ring (bicyclic) bond motifs is 1. The molecule has 0 bridgehead atoms. The number of nitrogens with zero attached hydrogens (tertiary/aromatic N) is 3. The summed E-state index contributed by atoms with van der Waals surface area (Å²) in [7, 11) is 0. The van der Waals surface area contributed by atoms with Gasteiger partial charge in [-0.25, -0.2) is 4.98 Å². The van der Waals surface area contributed by atoms with Gasteiger partial charge in [-0.3, -0.25) is 14.2 Å². The highest BCUT2D eigenvalue weighted by atomic mass is 32.2. The Labute approximate surface area is 178 Å². The number of anilines is 1. The van der Waals surface area contributed by atoms with Gasteiger partial charge >= 0.3 is 0 Å². The maximum atomic E-state index is 13.0. The minimum atomic E-state index is -0.869. The van der Waals surface area contributed by atoms with Gasteiger partial charge in [0.2, 0.25) is 5.91 Å². The molecule has 0 aliphatic carbocycles. The lowest BCUT2D eigenvalue weighted by atomic mass is 10.1. The second-order valence-corrected chi connectivity index (χ2v) is 8.08. The Kier molecular flexibility index (Phi) is 5.50. The van der Waals surface area contributed by atoms with Crippen molar-refractivity contribution in [2.75, 3.05) is 17.2 Å². The largest absolute Gasteiger partial charge is 0.477 e. The first-order valence-electron chi connectivity index (χ1n) is 9.53. The fourth-order valence-electron chi connectivity index (χ4n) is 3.48. The Morgan fingerprint density at radius 2 is 2.00 bits per heavy atom. The zero-order valence-electron chi connectivity index (χ0n) is 16.7. The number of hydrogen-bond donors (Lipinski definition) is 1. The van der Waals surface area contributed by atoms with Crippen LogP contribution in [0.1, 0.15) is 11.1 Å². The van der Waals surface area contributed by atoms with Crippen LogP contribution in [0.4, 0.5) is 5.69 Å². The van der Waals surface area contributed by atoms with Crippen molar-refractivity contribution in [2.24, 2.45) is 5.73 Å². The molecule has 0 fully saturated rings. The van der Waals surface area contributed by atoms with E-state index in [1.807, 2.05) is 22.9 Å². The van der Waals surface area contributed by atoms with Gasteiger partial charge in [0.05, 0.1) is 23.7 Å². The van der Waals surface area contributed by atoms with E-state index in [0.717, 1.165) is 16.4 Å². The molecule has 2 N–H and O–H groups in total. The molecule has 1 unspecified atom stereocenters. The molecule has 1 aliphatic rings. The number of para-hydroxylation sites is 2. The first-order chi connectivity index (χ1) is 14.4. The molecular formula is C22H22N4O3S. The highest BCUT2D eigenvalue weighted by Crippen LogP contribution is 2.34. The van der Waals surface area contributed by atoms with Crippen LogP contribution in [-0.2, 0) is 9.59 Å². The highest BCUT2D eigenvalue weighted by molar-refractivity contribution is 7.99. The van der Waals surface area contributed by atoms with E-state index in [-0.39, 0.29) is 18.2 Å². The van der Waals surface area contributed by atoms with E-state index in [2.05, 4.69) is 31.0 Å². The smallest absolute Gasteiger partial charge is 0.260 e. The van der Waals surface area contributed by atoms with Crippen LogP contribution in [0.2, 0.25) is 0 Å². The predicted octanol–water partition coefficient (Wildman–Crippen LogP) is 2.86. The molecule has 2 aromatic carbocycles. The van der Waals surface area contributed by atoms with Crippen molar-refractivity contribution in [2.45, 2.75) is 25.1 Å². The van der Waals surface area contributed by atoms with E-state index in [1.54, 1.807) is 29.3 Å². The third-order valence-electron chi connectivity index (χ3n) is 4.94. The number of amides is 2. The van der Waals surface area contributed by atoms with Crippen LogP contribution in [0, 0.1) is 13.8 Å². The van der Waals surface area contributed by atoms with Crippen molar-refractivity contribution in [3.05, 3.63) is 66.0 Å². The van der Waals surface area contributed by atoms with Gasteiger partial charge in [-0.2, -0.15) is 0 Å². The van der Waals surface area contributed by atoms with Crippen molar-refractivity contribution in [3.8, 4) is 11.4 Å². The van der Waals surface area contributed by atoms with E-state index < -0.39 is 12.0 Å². The van der Waals surface area contributed by atoms with E-state index in [0.29, 0.717) is 11.4 Å². The first kappa shape index (κ1) is 20.0. The van der Waals surface area contributed by atoms with Gasteiger partial charge in [-0.05, 0) is 37.6 Å². The summed E-state index contributed by atoms with van der Waals surface area (Å²) < 4.78 is 7.61. The van der Waals surface area contributed by atoms with Crippen LogP contribution in [0.25, 0.3) is 5.69 Å². The second kappa shape index (κ2) is 8.23. The predicted molar refractivity (Wildman–Crippen MR) is 116 cm³/mol. The molecule has 7 nitrogen and oxygen atoms in total. The number of imidazole rings is 1. The number of aromatic nitrogens is 2. The molecule has 8 heteroatoms. The average molecular weight is 423 g/mol. The molecule has 2 heterocycles. The minimum absolute atomic E-state index is 0.0945. The van der Waals surface area contributed by atoms with E-state index in [4.69, 9.17) is 10.5 Å². The van der Waals surface area contributed by atoms with Gasteiger partial charge in [0.1, 0.15) is 5.75 Å².